The fourth-order valence-corrected chi connectivity index (χ4v) is 7.43. The molecule has 3 aromatic rings. The molecule has 0 radical (unpaired) electrons. The maximum atomic E-state index is 13.6. The van der Waals surface area contributed by atoms with Crippen LogP contribution >= 0.6 is 0 Å². The lowest BCUT2D eigenvalue weighted by Gasteiger charge is -2.37. The van der Waals surface area contributed by atoms with Crippen molar-refractivity contribution < 1.29 is 38.1 Å². The second-order valence-corrected chi connectivity index (χ2v) is 13.8. The summed E-state index contributed by atoms with van der Waals surface area (Å²) in [6.07, 6.45) is -0.307. The van der Waals surface area contributed by atoms with Gasteiger partial charge >= 0.3 is 6.09 Å². The quantitative estimate of drug-likeness (QED) is 0.276. The van der Waals surface area contributed by atoms with Crippen molar-refractivity contribution in [2.75, 3.05) is 45.8 Å². The molecular formula is C31H39N7O8S. The fraction of sp³-hybridized carbons (Fsp3) is 0.452. The molecule has 3 amide bonds. The molecule has 0 bridgehead atoms. The second-order valence-electron chi connectivity index (χ2n) is 11.9. The lowest BCUT2D eigenvalue weighted by molar-refractivity contribution is -0.138. The van der Waals surface area contributed by atoms with Crippen molar-refractivity contribution in [2.24, 2.45) is 5.92 Å². The summed E-state index contributed by atoms with van der Waals surface area (Å²) >= 11 is 0. The highest BCUT2D eigenvalue weighted by Crippen LogP contribution is 2.38. The minimum atomic E-state index is -3.91. The molecule has 1 aromatic heterocycles. The highest BCUT2D eigenvalue weighted by molar-refractivity contribution is 7.89. The van der Waals surface area contributed by atoms with E-state index in [1.165, 1.54) is 44.1 Å². The maximum Gasteiger partial charge on any atom is 0.407 e. The Labute approximate surface area is 272 Å². The fourth-order valence-electron chi connectivity index (χ4n) is 5.96. The molecule has 2 aliphatic heterocycles. The standard InChI is InChI=1S/C31H39N7O8S/c1-4-32-29(41)28-34-33-27(24-17-23(19(2)3)25(39)18-26(24)40)38(28)21-5-7-22(8-6-21)47(45,46)37-11-9-20(10-12-37)30(42)35-13-15-36(16-14-35)31(43)44/h5-8,17-20,39-40H,4,9-16H2,1-3H3,(H,32,41)(H,43,44). The first kappa shape index (κ1) is 33.7. The van der Waals surface area contributed by atoms with Crippen LogP contribution in [-0.4, -0.2) is 116 Å². The third-order valence-electron chi connectivity index (χ3n) is 8.61. The van der Waals surface area contributed by atoms with E-state index in [0.717, 1.165) is 0 Å². The molecule has 0 spiro atoms. The number of nitrogens with one attached hydrogen (secondary N) is 1. The van der Waals surface area contributed by atoms with Crippen LogP contribution in [0, 0.1) is 5.92 Å². The van der Waals surface area contributed by atoms with E-state index in [9.17, 15) is 33.0 Å². The van der Waals surface area contributed by atoms with Crippen molar-refractivity contribution in [1.29, 1.82) is 0 Å². The second kappa shape index (κ2) is 13.6. The lowest BCUT2D eigenvalue weighted by Crippen LogP contribution is -2.52. The summed E-state index contributed by atoms with van der Waals surface area (Å²) in [7, 11) is -3.91. The molecule has 2 fully saturated rings. The Morgan fingerprint density at radius 1 is 0.915 bits per heavy atom. The van der Waals surface area contributed by atoms with E-state index in [0.29, 0.717) is 43.7 Å². The first-order valence-corrected chi connectivity index (χ1v) is 16.9. The van der Waals surface area contributed by atoms with Gasteiger partial charge in [0.2, 0.25) is 21.8 Å². The largest absolute Gasteiger partial charge is 0.508 e. The minimum absolute atomic E-state index is 0.0274. The number of sulfonamides is 1. The average molecular weight is 670 g/mol. The topological polar surface area (TPSA) is 198 Å². The van der Waals surface area contributed by atoms with Crippen LogP contribution in [0.1, 0.15) is 55.7 Å². The SMILES string of the molecule is CCNC(=O)c1nnc(-c2cc(C(C)C)c(O)cc2O)n1-c1ccc(S(=O)(=O)N2CCC(C(=O)N3CCN(C(=O)O)CC3)CC2)cc1. The molecule has 5 rings (SSSR count). The van der Waals surface area contributed by atoms with E-state index in [-0.39, 0.29) is 77.5 Å². The summed E-state index contributed by atoms with van der Waals surface area (Å²) in [5.74, 6) is -1.34. The number of phenolic OH excluding ortho intramolecular Hbond substituents is 2. The number of piperidine rings is 1. The van der Waals surface area contributed by atoms with Crippen molar-refractivity contribution in [3.05, 3.63) is 47.8 Å². The molecule has 4 N–H and O–H groups in total. The van der Waals surface area contributed by atoms with Crippen molar-refractivity contribution >= 4 is 27.9 Å². The van der Waals surface area contributed by atoms with Crippen LogP contribution in [0.3, 0.4) is 0 Å². The summed E-state index contributed by atoms with van der Waals surface area (Å²) in [4.78, 5) is 40.1. The van der Waals surface area contributed by atoms with Gasteiger partial charge in [-0.2, -0.15) is 4.31 Å². The zero-order valence-electron chi connectivity index (χ0n) is 26.5. The Bertz CT molecular complexity index is 1760. The van der Waals surface area contributed by atoms with E-state index in [4.69, 9.17) is 5.11 Å². The van der Waals surface area contributed by atoms with Crippen molar-refractivity contribution in [3.63, 3.8) is 0 Å². The molecule has 0 atom stereocenters. The number of carboxylic acid groups (broad SMARTS) is 1. The molecule has 252 valence electrons. The summed E-state index contributed by atoms with van der Waals surface area (Å²) in [5.41, 5.74) is 1.16. The third kappa shape index (κ3) is 6.74. The minimum Gasteiger partial charge on any atom is -0.508 e. The van der Waals surface area contributed by atoms with Gasteiger partial charge in [0, 0.05) is 63.5 Å². The van der Waals surface area contributed by atoms with Crippen molar-refractivity contribution in [3.8, 4) is 28.6 Å². The summed E-state index contributed by atoms with van der Waals surface area (Å²) < 4.78 is 30.0. The number of nitrogens with zero attached hydrogens (tertiary/aromatic N) is 6. The van der Waals surface area contributed by atoms with Gasteiger partial charge in [-0.05, 0) is 61.6 Å². The summed E-state index contributed by atoms with van der Waals surface area (Å²) in [6.45, 7) is 7.28. The van der Waals surface area contributed by atoms with E-state index in [1.807, 2.05) is 13.8 Å². The molecule has 47 heavy (non-hydrogen) atoms. The number of piperazine rings is 1. The molecule has 15 nitrogen and oxygen atoms in total. The van der Waals surface area contributed by atoms with E-state index < -0.39 is 22.0 Å². The Hall–Kier alpha value is -4.70. The van der Waals surface area contributed by atoms with Gasteiger partial charge in [0.05, 0.1) is 10.5 Å². The van der Waals surface area contributed by atoms with Crippen LogP contribution in [-0.2, 0) is 14.8 Å². The monoisotopic (exact) mass is 669 g/mol. The number of amides is 3. The molecular weight excluding hydrogens is 630 g/mol. The average Bonchev–Trinajstić information content (AvgIpc) is 3.49. The molecule has 0 aliphatic carbocycles. The van der Waals surface area contributed by atoms with E-state index >= 15 is 0 Å². The van der Waals surface area contributed by atoms with Crippen LogP contribution in [0.15, 0.2) is 41.3 Å². The Morgan fingerprint density at radius 2 is 1.53 bits per heavy atom. The number of benzene rings is 2. The number of phenols is 2. The molecule has 0 saturated carbocycles. The molecule has 2 aromatic carbocycles. The molecule has 2 aliphatic rings. The van der Waals surface area contributed by atoms with Crippen molar-refractivity contribution in [1.82, 2.24) is 34.2 Å². The highest BCUT2D eigenvalue weighted by atomic mass is 32.2. The number of aromatic nitrogens is 3. The molecule has 3 heterocycles. The van der Waals surface area contributed by atoms with Gasteiger partial charge in [-0.3, -0.25) is 14.2 Å². The normalized spacial score (nSPS) is 16.4. The van der Waals surface area contributed by atoms with Crippen LogP contribution in [0.4, 0.5) is 4.79 Å². The third-order valence-corrected chi connectivity index (χ3v) is 10.5. The predicted octanol–water partition coefficient (Wildman–Crippen LogP) is 2.44. The van der Waals surface area contributed by atoms with Gasteiger partial charge in [-0.15, -0.1) is 10.2 Å². The van der Waals surface area contributed by atoms with Crippen LogP contribution < -0.4 is 5.32 Å². The van der Waals surface area contributed by atoms with Gasteiger partial charge in [0.1, 0.15) is 11.5 Å². The number of carbonyl (C=O) groups excluding carboxylic acids is 2. The van der Waals surface area contributed by atoms with Gasteiger partial charge in [-0.25, -0.2) is 13.2 Å². The Morgan fingerprint density at radius 3 is 2.11 bits per heavy atom. The van der Waals surface area contributed by atoms with Crippen LogP contribution in [0.25, 0.3) is 17.1 Å². The maximum absolute atomic E-state index is 13.6. The Kier molecular flexibility index (Phi) is 9.72. The molecule has 2 saturated heterocycles. The Balaban J connectivity index is 1.36. The number of carbonyl (C=O) groups is 3. The molecule has 0 unspecified atom stereocenters. The molecule has 16 heteroatoms. The summed E-state index contributed by atoms with van der Waals surface area (Å²) in [6, 6.07) is 8.69. The number of hydrogen-bond donors (Lipinski definition) is 4. The number of rotatable bonds is 8. The predicted molar refractivity (Wildman–Crippen MR) is 170 cm³/mol. The van der Waals surface area contributed by atoms with Gasteiger partial charge in [0.25, 0.3) is 5.91 Å². The van der Waals surface area contributed by atoms with Crippen LogP contribution in [0.5, 0.6) is 11.5 Å². The van der Waals surface area contributed by atoms with Crippen LogP contribution in [0.2, 0.25) is 0 Å². The van der Waals surface area contributed by atoms with E-state index in [1.54, 1.807) is 17.9 Å². The first-order valence-electron chi connectivity index (χ1n) is 15.5. The van der Waals surface area contributed by atoms with Gasteiger partial charge in [0.15, 0.2) is 5.82 Å². The first-order chi connectivity index (χ1) is 22.3. The zero-order chi connectivity index (χ0) is 34.0. The summed E-state index contributed by atoms with van der Waals surface area (Å²) in [5, 5.41) is 41.2. The van der Waals surface area contributed by atoms with Gasteiger partial charge < -0.3 is 30.4 Å². The van der Waals surface area contributed by atoms with E-state index in [2.05, 4.69) is 15.5 Å². The lowest BCUT2D eigenvalue weighted by atomic mass is 9.96. The number of hydrogen-bond acceptors (Lipinski definition) is 9. The van der Waals surface area contributed by atoms with Crippen molar-refractivity contribution in [2.45, 2.75) is 44.4 Å². The number of aromatic hydroxyl groups is 2. The highest BCUT2D eigenvalue weighted by Gasteiger charge is 2.35. The van der Waals surface area contributed by atoms with Gasteiger partial charge in [-0.1, -0.05) is 13.8 Å². The smallest absolute Gasteiger partial charge is 0.407 e. The zero-order valence-corrected chi connectivity index (χ0v) is 27.3.